The second-order valence-corrected chi connectivity index (χ2v) is 4.15. The van der Waals surface area contributed by atoms with E-state index >= 15 is 0 Å². The molecule has 0 unspecified atom stereocenters. The lowest BCUT2D eigenvalue weighted by Crippen LogP contribution is -2.38. The quantitative estimate of drug-likeness (QED) is 0.898. The van der Waals surface area contributed by atoms with Crippen LogP contribution in [-0.2, 0) is 0 Å². The summed E-state index contributed by atoms with van der Waals surface area (Å²) in [6.45, 7) is 2.08. The van der Waals surface area contributed by atoms with E-state index in [4.69, 9.17) is 5.73 Å². The van der Waals surface area contributed by atoms with Crippen molar-refractivity contribution in [3.8, 4) is 0 Å². The molecule has 0 aliphatic carbocycles. The van der Waals surface area contributed by atoms with E-state index in [2.05, 4.69) is 21.2 Å². The van der Waals surface area contributed by atoms with Gasteiger partial charge in [0.25, 0.3) is 5.91 Å². The zero-order valence-corrected chi connectivity index (χ0v) is 11.1. The molecule has 1 aromatic carbocycles. The molecule has 6 heteroatoms. The third kappa shape index (κ3) is 4.08. The molecule has 1 amide bonds. The van der Waals surface area contributed by atoms with Crippen molar-refractivity contribution in [2.24, 2.45) is 5.73 Å². The molecule has 0 bridgehead atoms. The van der Waals surface area contributed by atoms with E-state index in [0.717, 1.165) is 0 Å². The Balaban J connectivity index is 0.00000225. The van der Waals surface area contributed by atoms with Crippen LogP contribution >= 0.6 is 28.3 Å². The molecule has 0 aromatic heterocycles. The molecule has 0 heterocycles. The summed E-state index contributed by atoms with van der Waals surface area (Å²) in [6, 6.07) is 4.05. The number of rotatable bonds is 3. The summed E-state index contributed by atoms with van der Waals surface area (Å²) in [6.07, 6.45) is 0. The lowest BCUT2D eigenvalue weighted by Gasteiger charge is -2.11. The second kappa shape index (κ2) is 6.83. The van der Waals surface area contributed by atoms with Gasteiger partial charge in [-0.05, 0) is 25.1 Å². The third-order valence-electron chi connectivity index (χ3n) is 1.90. The first-order valence-electron chi connectivity index (χ1n) is 4.50. The van der Waals surface area contributed by atoms with Crippen LogP contribution in [0.5, 0.6) is 0 Å². The van der Waals surface area contributed by atoms with Gasteiger partial charge >= 0.3 is 0 Å². The smallest absolute Gasteiger partial charge is 0.254 e. The normalized spacial score (nSPS) is 11.5. The predicted octanol–water partition coefficient (Wildman–Crippen LogP) is 2.09. The first-order valence-corrected chi connectivity index (χ1v) is 5.30. The molecule has 3 N–H and O–H groups in total. The minimum atomic E-state index is -0.542. The molecular formula is C10H13BrClFN2O. The molecule has 1 atom stereocenters. The maximum Gasteiger partial charge on any atom is 0.254 e. The number of benzene rings is 1. The minimum absolute atomic E-state index is 0. The highest BCUT2D eigenvalue weighted by molar-refractivity contribution is 9.10. The van der Waals surface area contributed by atoms with Crippen LogP contribution in [0, 0.1) is 5.82 Å². The zero-order chi connectivity index (χ0) is 11.4. The number of nitrogens with one attached hydrogen (secondary N) is 1. The molecule has 0 radical (unpaired) electrons. The van der Waals surface area contributed by atoms with Crippen molar-refractivity contribution in [2.75, 3.05) is 6.54 Å². The molecule has 90 valence electrons. The number of carbonyl (C=O) groups is 1. The largest absolute Gasteiger partial charge is 0.348 e. The molecule has 0 spiro atoms. The van der Waals surface area contributed by atoms with Crippen molar-refractivity contribution in [3.63, 3.8) is 0 Å². The van der Waals surface area contributed by atoms with Gasteiger partial charge in [0.2, 0.25) is 0 Å². The summed E-state index contributed by atoms with van der Waals surface area (Å²) in [7, 11) is 0. The van der Waals surface area contributed by atoms with Crippen molar-refractivity contribution >= 4 is 34.2 Å². The maximum atomic E-state index is 13.3. The van der Waals surface area contributed by atoms with Gasteiger partial charge < -0.3 is 11.1 Å². The second-order valence-electron chi connectivity index (χ2n) is 3.23. The van der Waals surface area contributed by atoms with Gasteiger partial charge in [0.15, 0.2) is 0 Å². The average Bonchev–Trinajstić information content (AvgIpc) is 2.21. The zero-order valence-electron chi connectivity index (χ0n) is 8.67. The number of hydrogen-bond acceptors (Lipinski definition) is 2. The predicted molar refractivity (Wildman–Crippen MR) is 67.3 cm³/mol. The number of halogens is 3. The highest BCUT2D eigenvalue weighted by Gasteiger charge is 2.13. The monoisotopic (exact) mass is 310 g/mol. The van der Waals surface area contributed by atoms with Crippen molar-refractivity contribution in [2.45, 2.75) is 13.0 Å². The summed E-state index contributed by atoms with van der Waals surface area (Å²) in [5.74, 6) is -0.994. The van der Waals surface area contributed by atoms with Crippen LogP contribution in [0.25, 0.3) is 0 Å². The highest BCUT2D eigenvalue weighted by atomic mass is 79.9. The van der Waals surface area contributed by atoms with E-state index in [1.807, 2.05) is 0 Å². The van der Waals surface area contributed by atoms with Crippen LogP contribution in [0.15, 0.2) is 22.7 Å². The van der Waals surface area contributed by atoms with E-state index in [0.29, 0.717) is 11.0 Å². The molecule has 3 nitrogen and oxygen atoms in total. The maximum absolute atomic E-state index is 13.3. The lowest BCUT2D eigenvalue weighted by molar-refractivity contribution is 0.0937. The van der Waals surface area contributed by atoms with E-state index in [9.17, 15) is 9.18 Å². The van der Waals surface area contributed by atoms with Gasteiger partial charge in [-0.1, -0.05) is 15.9 Å². The Morgan fingerprint density at radius 2 is 2.25 bits per heavy atom. The Hall–Kier alpha value is -0.650. The van der Waals surface area contributed by atoms with Crippen LogP contribution in [0.1, 0.15) is 17.3 Å². The number of hydrogen-bond donors (Lipinski definition) is 2. The summed E-state index contributed by atoms with van der Waals surface area (Å²) >= 11 is 3.18. The van der Waals surface area contributed by atoms with Gasteiger partial charge in [-0.25, -0.2) is 4.39 Å². The van der Waals surface area contributed by atoms with Crippen molar-refractivity contribution < 1.29 is 9.18 Å². The Morgan fingerprint density at radius 3 is 2.81 bits per heavy atom. The Bertz CT molecular complexity index is 376. The Morgan fingerprint density at radius 1 is 1.62 bits per heavy atom. The van der Waals surface area contributed by atoms with Crippen LogP contribution in [0.2, 0.25) is 0 Å². The summed E-state index contributed by atoms with van der Waals surface area (Å²) in [4.78, 5) is 11.6. The standard InChI is InChI=1S/C10H12BrFN2O.ClH/c1-6(5-13)14-10(15)8-4-7(11)2-3-9(8)12;/h2-4,6H,5,13H2,1H3,(H,14,15);1H/t6-;/m1./s1. The number of amides is 1. The minimum Gasteiger partial charge on any atom is -0.348 e. The number of carbonyl (C=O) groups excluding carboxylic acids is 1. The summed E-state index contributed by atoms with van der Waals surface area (Å²) in [5.41, 5.74) is 5.37. The molecule has 1 aromatic rings. The fourth-order valence-corrected chi connectivity index (χ4v) is 1.39. The van der Waals surface area contributed by atoms with Crippen LogP contribution < -0.4 is 11.1 Å². The van der Waals surface area contributed by atoms with Crippen molar-refractivity contribution in [3.05, 3.63) is 34.1 Å². The average molecular weight is 312 g/mol. The topological polar surface area (TPSA) is 55.1 Å². The molecule has 0 aliphatic rings. The van der Waals surface area contributed by atoms with Gasteiger partial charge in [0.05, 0.1) is 5.56 Å². The fourth-order valence-electron chi connectivity index (χ4n) is 1.03. The van der Waals surface area contributed by atoms with Crippen molar-refractivity contribution in [1.29, 1.82) is 0 Å². The summed E-state index contributed by atoms with van der Waals surface area (Å²) < 4.78 is 13.9. The van der Waals surface area contributed by atoms with E-state index in [-0.39, 0.29) is 24.0 Å². The van der Waals surface area contributed by atoms with Gasteiger partial charge in [0.1, 0.15) is 5.82 Å². The van der Waals surface area contributed by atoms with Crippen LogP contribution in [-0.4, -0.2) is 18.5 Å². The molecular weight excluding hydrogens is 298 g/mol. The van der Waals surface area contributed by atoms with Gasteiger partial charge in [-0.2, -0.15) is 0 Å². The molecule has 0 fully saturated rings. The van der Waals surface area contributed by atoms with E-state index < -0.39 is 11.7 Å². The van der Waals surface area contributed by atoms with Crippen molar-refractivity contribution in [1.82, 2.24) is 5.32 Å². The first kappa shape index (κ1) is 15.3. The molecule has 0 aliphatic heterocycles. The SMILES string of the molecule is C[C@H](CN)NC(=O)c1cc(Br)ccc1F.Cl. The van der Waals surface area contributed by atoms with Crippen LogP contribution in [0.4, 0.5) is 4.39 Å². The summed E-state index contributed by atoms with van der Waals surface area (Å²) in [5, 5.41) is 2.59. The molecule has 16 heavy (non-hydrogen) atoms. The third-order valence-corrected chi connectivity index (χ3v) is 2.40. The van der Waals surface area contributed by atoms with E-state index in [1.165, 1.54) is 12.1 Å². The fraction of sp³-hybridized carbons (Fsp3) is 0.300. The van der Waals surface area contributed by atoms with Gasteiger partial charge in [-0.3, -0.25) is 4.79 Å². The Labute approximate surface area is 108 Å². The first-order chi connectivity index (χ1) is 7.04. The van der Waals surface area contributed by atoms with E-state index in [1.54, 1.807) is 13.0 Å². The molecule has 0 saturated heterocycles. The molecule has 1 rings (SSSR count). The number of nitrogens with two attached hydrogens (primary N) is 1. The molecule has 0 saturated carbocycles. The Kier molecular flexibility index (Phi) is 6.55. The highest BCUT2D eigenvalue weighted by Crippen LogP contribution is 2.15. The van der Waals surface area contributed by atoms with Crippen LogP contribution in [0.3, 0.4) is 0 Å². The van der Waals surface area contributed by atoms with Gasteiger partial charge in [0, 0.05) is 17.1 Å². The van der Waals surface area contributed by atoms with Gasteiger partial charge in [-0.15, -0.1) is 12.4 Å². The lowest BCUT2D eigenvalue weighted by atomic mass is 10.2.